The maximum atomic E-state index is 11.1. The fourth-order valence-electron chi connectivity index (χ4n) is 1.75. The van der Waals surface area contributed by atoms with E-state index in [1.807, 2.05) is 13.8 Å². The number of hydrogen-bond acceptors (Lipinski definition) is 2. The van der Waals surface area contributed by atoms with E-state index in [-0.39, 0.29) is 16.9 Å². The highest BCUT2D eigenvalue weighted by Crippen LogP contribution is 2.26. The summed E-state index contributed by atoms with van der Waals surface area (Å²) in [6.07, 6.45) is 3.31. The van der Waals surface area contributed by atoms with Crippen molar-refractivity contribution in [1.82, 2.24) is 5.32 Å². The molecule has 18 heavy (non-hydrogen) atoms. The van der Waals surface area contributed by atoms with Crippen LogP contribution in [0.2, 0.25) is 0 Å². The number of nitrogens with two attached hydrogens (primary N) is 1. The first-order valence-electron chi connectivity index (χ1n) is 5.80. The van der Waals surface area contributed by atoms with Crippen molar-refractivity contribution in [3.63, 3.8) is 0 Å². The minimum atomic E-state index is -0.481. The van der Waals surface area contributed by atoms with Crippen LogP contribution >= 0.6 is 0 Å². The standard InChI is InChI=1S/C11H21NO.C3H5NO/c1-7-9(13)12-11(5,6)8-10(2,3)4;1-2-3(4)5/h7H,1,8H2,2-6H3,(H,12,13);2H,1H2,(H2,4,5). The number of nitrogens with one attached hydrogen (secondary N) is 1. The largest absolute Gasteiger partial charge is 0.366 e. The summed E-state index contributed by atoms with van der Waals surface area (Å²) in [5.41, 5.74) is 4.59. The molecule has 4 heteroatoms. The van der Waals surface area contributed by atoms with Crippen molar-refractivity contribution in [1.29, 1.82) is 0 Å². The molecule has 0 saturated heterocycles. The monoisotopic (exact) mass is 254 g/mol. The Balaban J connectivity index is 0. The van der Waals surface area contributed by atoms with Gasteiger partial charge in [0.15, 0.2) is 0 Å². The van der Waals surface area contributed by atoms with Gasteiger partial charge in [-0.2, -0.15) is 0 Å². The van der Waals surface area contributed by atoms with Crippen LogP contribution in [0.25, 0.3) is 0 Å². The molecule has 3 N–H and O–H groups in total. The van der Waals surface area contributed by atoms with Crippen LogP contribution in [-0.2, 0) is 9.59 Å². The van der Waals surface area contributed by atoms with Gasteiger partial charge in [-0.25, -0.2) is 0 Å². The van der Waals surface area contributed by atoms with Gasteiger partial charge in [-0.3, -0.25) is 9.59 Å². The van der Waals surface area contributed by atoms with E-state index in [4.69, 9.17) is 0 Å². The molecule has 0 heterocycles. The number of primary amides is 1. The third-order valence-corrected chi connectivity index (χ3v) is 1.82. The third kappa shape index (κ3) is 14.4. The summed E-state index contributed by atoms with van der Waals surface area (Å²) in [5.74, 6) is -0.584. The van der Waals surface area contributed by atoms with Crippen LogP contribution < -0.4 is 11.1 Å². The number of rotatable bonds is 4. The van der Waals surface area contributed by atoms with Gasteiger partial charge in [-0.05, 0) is 37.8 Å². The maximum Gasteiger partial charge on any atom is 0.243 e. The smallest absolute Gasteiger partial charge is 0.243 e. The first-order valence-corrected chi connectivity index (χ1v) is 5.80. The van der Waals surface area contributed by atoms with Crippen molar-refractivity contribution in [2.24, 2.45) is 11.1 Å². The Morgan fingerprint density at radius 1 is 1.11 bits per heavy atom. The van der Waals surface area contributed by atoms with Crippen LogP contribution in [0.5, 0.6) is 0 Å². The first-order chi connectivity index (χ1) is 7.93. The molecule has 0 atom stereocenters. The molecule has 0 aliphatic carbocycles. The van der Waals surface area contributed by atoms with E-state index in [1.54, 1.807) is 0 Å². The Bertz CT molecular complexity index is 312. The first kappa shape index (κ1) is 18.8. The van der Waals surface area contributed by atoms with Crippen LogP contribution in [0.3, 0.4) is 0 Å². The zero-order valence-electron chi connectivity index (χ0n) is 12.2. The Labute approximate surface area is 110 Å². The van der Waals surface area contributed by atoms with Crippen LogP contribution in [0.15, 0.2) is 25.3 Å². The van der Waals surface area contributed by atoms with E-state index in [0.717, 1.165) is 12.5 Å². The van der Waals surface area contributed by atoms with Crippen molar-refractivity contribution in [3.8, 4) is 0 Å². The van der Waals surface area contributed by atoms with Gasteiger partial charge in [0.1, 0.15) is 0 Å². The van der Waals surface area contributed by atoms with E-state index in [2.05, 4.69) is 45.0 Å². The van der Waals surface area contributed by atoms with Gasteiger partial charge in [-0.1, -0.05) is 33.9 Å². The molecule has 0 radical (unpaired) electrons. The van der Waals surface area contributed by atoms with Gasteiger partial charge in [0.25, 0.3) is 0 Å². The SMILES string of the molecule is C=CC(=O)NC(C)(C)CC(C)(C)C.C=CC(N)=O. The van der Waals surface area contributed by atoms with E-state index in [0.29, 0.717) is 0 Å². The molecule has 0 aliphatic heterocycles. The van der Waals surface area contributed by atoms with Crippen molar-refractivity contribution >= 4 is 11.8 Å². The van der Waals surface area contributed by atoms with Gasteiger partial charge < -0.3 is 11.1 Å². The molecule has 0 aromatic carbocycles. The summed E-state index contributed by atoms with van der Waals surface area (Å²) in [6.45, 7) is 17.1. The van der Waals surface area contributed by atoms with Crippen molar-refractivity contribution < 1.29 is 9.59 Å². The minimum Gasteiger partial charge on any atom is -0.366 e. The Kier molecular flexibility index (Phi) is 8.02. The third-order valence-electron chi connectivity index (χ3n) is 1.82. The zero-order chi connectivity index (χ0) is 15.0. The predicted molar refractivity (Wildman–Crippen MR) is 75.9 cm³/mol. The Morgan fingerprint density at radius 2 is 1.50 bits per heavy atom. The highest BCUT2D eigenvalue weighted by Gasteiger charge is 2.25. The maximum absolute atomic E-state index is 11.1. The average Bonchev–Trinajstić information content (AvgIpc) is 2.13. The van der Waals surface area contributed by atoms with Gasteiger partial charge in [-0.15, -0.1) is 0 Å². The van der Waals surface area contributed by atoms with Crippen LogP contribution in [-0.4, -0.2) is 17.4 Å². The van der Waals surface area contributed by atoms with Gasteiger partial charge >= 0.3 is 0 Å². The summed E-state index contributed by atoms with van der Waals surface area (Å²) < 4.78 is 0. The summed E-state index contributed by atoms with van der Waals surface area (Å²) in [6, 6.07) is 0. The highest BCUT2D eigenvalue weighted by molar-refractivity contribution is 5.87. The zero-order valence-corrected chi connectivity index (χ0v) is 12.2. The lowest BCUT2D eigenvalue weighted by atomic mass is 9.82. The molecule has 0 aliphatic rings. The fraction of sp³-hybridized carbons (Fsp3) is 0.571. The predicted octanol–water partition coefficient (Wildman–Crippen LogP) is 2.16. The van der Waals surface area contributed by atoms with Crippen molar-refractivity contribution in [2.45, 2.75) is 46.6 Å². The minimum absolute atomic E-state index is 0.103. The molecule has 104 valence electrons. The molecule has 0 aromatic rings. The Morgan fingerprint density at radius 3 is 1.72 bits per heavy atom. The summed E-state index contributed by atoms with van der Waals surface area (Å²) >= 11 is 0. The van der Waals surface area contributed by atoms with Crippen molar-refractivity contribution in [3.05, 3.63) is 25.3 Å². The summed E-state index contributed by atoms with van der Waals surface area (Å²) in [7, 11) is 0. The fourth-order valence-corrected chi connectivity index (χ4v) is 1.75. The molecule has 2 amide bonds. The molecule has 0 unspecified atom stereocenters. The van der Waals surface area contributed by atoms with E-state index in [9.17, 15) is 9.59 Å². The molecule has 0 spiro atoms. The van der Waals surface area contributed by atoms with E-state index >= 15 is 0 Å². The lowest BCUT2D eigenvalue weighted by Gasteiger charge is -2.32. The molecular weight excluding hydrogens is 228 g/mol. The number of amides is 2. The summed E-state index contributed by atoms with van der Waals surface area (Å²) in [4.78, 5) is 20.6. The molecule has 0 bridgehead atoms. The second-order valence-electron chi connectivity index (χ2n) is 5.92. The normalized spacial score (nSPS) is 10.7. The molecule has 0 fully saturated rings. The quantitative estimate of drug-likeness (QED) is 0.755. The molecular formula is C14H26N2O2. The van der Waals surface area contributed by atoms with Crippen LogP contribution in [0.1, 0.15) is 41.0 Å². The second-order valence-corrected chi connectivity index (χ2v) is 5.92. The molecule has 0 rings (SSSR count). The van der Waals surface area contributed by atoms with E-state index < -0.39 is 5.91 Å². The highest BCUT2D eigenvalue weighted by atomic mass is 16.1. The lowest BCUT2D eigenvalue weighted by molar-refractivity contribution is -0.118. The van der Waals surface area contributed by atoms with Gasteiger partial charge in [0.05, 0.1) is 0 Å². The van der Waals surface area contributed by atoms with Gasteiger partial charge in [0, 0.05) is 5.54 Å². The number of hydrogen-bond donors (Lipinski definition) is 2. The number of carbonyl (C=O) groups excluding carboxylic acids is 2. The Hall–Kier alpha value is -1.58. The second kappa shape index (κ2) is 7.69. The molecule has 4 nitrogen and oxygen atoms in total. The number of carbonyl (C=O) groups is 2. The van der Waals surface area contributed by atoms with Gasteiger partial charge in [0.2, 0.25) is 11.8 Å². The molecule has 0 saturated carbocycles. The van der Waals surface area contributed by atoms with Crippen LogP contribution in [0, 0.1) is 5.41 Å². The topological polar surface area (TPSA) is 72.2 Å². The van der Waals surface area contributed by atoms with Crippen molar-refractivity contribution in [2.75, 3.05) is 0 Å². The lowest BCUT2D eigenvalue weighted by Crippen LogP contribution is -2.45. The summed E-state index contributed by atoms with van der Waals surface area (Å²) in [5, 5.41) is 2.91. The van der Waals surface area contributed by atoms with E-state index in [1.165, 1.54) is 6.08 Å². The van der Waals surface area contributed by atoms with Crippen LogP contribution in [0.4, 0.5) is 0 Å². The average molecular weight is 254 g/mol. The molecule has 0 aromatic heterocycles.